The number of hydrogen-bond donors (Lipinski definition) is 2. The summed E-state index contributed by atoms with van der Waals surface area (Å²) in [5.41, 5.74) is 2.89. The van der Waals surface area contributed by atoms with Crippen LogP contribution < -0.4 is 15.5 Å². The highest BCUT2D eigenvalue weighted by Gasteiger charge is 2.11. The minimum atomic E-state index is -0.667. The number of hydrogen-bond acceptors (Lipinski definition) is 4. The minimum absolute atomic E-state index is 0.120. The zero-order valence-corrected chi connectivity index (χ0v) is 13.0. The number of halogens is 1. The molecule has 0 atom stereocenters. The third kappa shape index (κ3) is 4.91. The second-order valence-electron chi connectivity index (χ2n) is 4.73. The molecule has 2 amide bonds. The van der Waals surface area contributed by atoms with Crippen molar-refractivity contribution in [3.05, 3.63) is 65.5 Å². The molecule has 0 heterocycles. The Hall–Kier alpha value is -3.22. The summed E-state index contributed by atoms with van der Waals surface area (Å²) >= 11 is 0. The summed E-state index contributed by atoms with van der Waals surface area (Å²) in [6.45, 7) is -0.317. The van der Waals surface area contributed by atoms with Crippen LogP contribution in [-0.2, 0) is 4.79 Å². The van der Waals surface area contributed by atoms with Crippen LogP contribution in [0.4, 0.5) is 4.39 Å². The first kappa shape index (κ1) is 17.1. The summed E-state index contributed by atoms with van der Waals surface area (Å²) in [4.78, 5) is 23.4. The number of carbonyl (C=O) groups excluding carboxylic acids is 2. The Kier molecular flexibility index (Phi) is 6.01. The summed E-state index contributed by atoms with van der Waals surface area (Å²) in [5.74, 6) is -1.17. The quantitative estimate of drug-likeness (QED) is 0.625. The zero-order valence-electron chi connectivity index (χ0n) is 13.0. The molecular weight excluding hydrogens is 313 g/mol. The standard InChI is InChI=1S/C17H16FN3O3/c1-24-13-6-4-5-12(9-13)10-20-21-16(22)11-19-17(23)14-7-2-3-8-15(14)18/h2-10H,11H2,1H3,(H,19,23)(H,21,22)/b20-10+. The lowest BCUT2D eigenvalue weighted by Gasteiger charge is -2.05. The van der Waals surface area contributed by atoms with E-state index in [1.165, 1.54) is 30.5 Å². The average Bonchev–Trinajstić information content (AvgIpc) is 2.60. The Morgan fingerprint density at radius 3 is 2.75 bits per heavy atom. The molecule has 2 N–H and O–H groups in total. The van der Waals surface area contributed by atoms with Crippen LogP contribution in [-0.4, -0.2) is 31.7 Å². The number of ether oxygens (including phenoxy) is 1. The Morgan fingerprint density at radius 1 is 1.21 bits per heavy atom. The molecule has 0 spiro atoms. The van der Waals surface area contributed by atoms with Crippen LogP contribution in [0.15, 0.2) is 53.6 Å². The third-order valence-corrected chi connectivity index (χ3v) is 3.02. The van der Waals surface area contributed by atoms with E-state index in [0.717, 1.165) is 5.56 Å². The Balaban J connectivity index is 1.82. The first-order valence-corrected chi connectivity index (χ1v) is 7.09. The predicted molar refractivity (Wildman–Crippen MR) is 87.5 cm³/mol. The van der Waals surface area contributed by atoms with Crippen molar-refractivity contribution in [1.82, 2.24) is 10.7 Å². The van der Waals surface area contributed by atoms with E-state index in [9.17, 15) is 14.0 Å². The molecule has 0 unspecified atom stereocenters. The fourth-order valence-electron chi connectivity index (χ4n) is 1.84. The van der Waals surface area contributed by atoms with Gasteiger partial charge in [-0.1, -0.05) is 24.3 Å². The number of nitrogens with one attached hydrogen (secondary N) is 2. The highest BCUT2D eigenvalue weighted by atomic mass is 19.1. The molecule has 124 valence electrons. The number of carbonyl (C=O) groups is 2. The van der Waals surface area contributed by atoms with E-state index in [1.54, 1.807) is 31.4 Å². The molecule has 0 aliphatic heterocycles. The van der Waals surface area contributed by atoms with Gasteiger partial charge in [0.2, 0.25) is 0 Å². The van der Waals surface area contributed by atoms with Crippen LogP contribution in [0.1, 0.15) is 15.9 Å². The average molecular weight is 329 g/mol. The molecule has 0 saturated carbocycles. The third-order valence-electron chi connectivity index (χ3n) is 3.02. The number of methoxy groups -OCH3 is 1. The van der Waals surface area contributed by atoms with E-state index >= 15 is 0 Å². The minimum Gasteiger partial charge on any atom is -0.497 e. The van der Waals surface area contributed by atoms with E-state index in [4.69, 9.17) is 4.74 Å². The molecular formula is C17H16FN3O3. The normalized spacial score (nSPS) is 10.4. The highest BCUT2D eigenvalue weighted by Crippen LogP contribution is 2.10. The molecule has 0 aliphatic carbocycles. The van der Waals surface area contributed by atoms with Gasteiger partial charge in [-0.25, -0.2) is 9.82 Å². The molecule has 0 saturated heterocycles. The molecule has 2 aromatic carbocycles. The van der Waals surface area contributed by atoms with Crippen molar-refractivity contribution in [2.75, 3.05) is 13.7 Å². The number of nitrogens with zero attached hydrogens (tertiary/aromatic N) is 1. The monoisotopic (exact) mass is 329 g/mol. The van der Waals surface area contributed by atoms with Crippen molar-refractivity contribution in [3.63, 3.8) is 0 Å². The molecule has 0 aliphatic rings. The van der Waals surface area contributed by atoms with E-state index in [-0.39, 0.29) is 12.1 Å². The molecule has 2 aromatic rings. The molecule has 6 nitrogen and oxygen atoms in total. The van der Waals surface area contributed by atoms with Crippen molar-refractivity contribution in [1.29, 1.82) is 0 Å². The van der Waals surface area contributed by atoms with Crippen molar-refractivity contribution in [2.24, 2.45) is 5.10 Å². The molecule has 0 fully saturated rings. The summed E-state index contributed by atoms with van der Waals surface area (Å²) in [5, 5.41) is 6.10. The second kappa shape index (κ2) is 8.42. The number of amides is 2. The van der Waals surface area contributed by atoms with Crippen LogP contribution in [0.2, 0.25) is 0 Å². The van der Waals surface area contributed by atoms with Gasteiger partial charge < -0.3 is 10.1 Å². The smallest absolute Gasteiger partial charge is 0.259 e. The van der Waals surface area contributed by atoms with Crippen LogP contribution in [0.5, 0.6) is 5.75 Å². The van der Waals surface area contributed by atoms with Gasteiger partial charge >= 0.3 is 0 Å². The molecule has 0 aromatic heterocycles. The van der Waals surface area contributed by atoms with Gasteiger partial charge in [-0.2, -0.15) is 5.10 Å². The number of hydrazone groups is 1. The van der Waals surface area contributed by atoms with Gasteiger partial charge in [0.15, 0.2) is 0 Å². The molecule has 24 heavy (non-hydrogen) atoms. The van der Waals surface area contributed by atoms with Gasteiger partial charge in [-0.3, -0.25) is 9.59 Å². The zero-order chi connectivity index (χ0) is 17.4. The van der Waals surface area contributed by atoms with Crippen molar-refractivity contribution < 1.29 is 18.7 Å². The molecule has 0 bridgehead atoms. The lowest BCUT2D eigenvalue weighted by molar-refractivity contribution is -0.120. The van der Waals surface area contributed by atoms with Gasteiger partial charge in [0.25, 0.3) is 11.8 Å². The van der Waals surface area contributed by atoms with Gasteiger partial charge in [0, 0.05) is 0 Å². The van der Waals surface area contributed by atoms with Crippen molar-refractivity contribution >= 4 is 18.0 Å². The number of benzene rings is 2. The summed E-state index contributed by atoms with van der Waals surface area (Å²) < 4.78 is 18.5. The summed E-state index contributed by atoms with van der Waals surface area (Å²) in [7, 11) is 1.55. The van der Waals surface area contributed by atoms with E-state index in [0.29, 0.717) is 5.75 Å². The van der Waals surface area contributed by atoms with Crippen molar-refractivity contribution in [2.45, 2.75) is 0 Å². The van der Waals surface area contributed by atoms with Crippen LogP contribution in [0.3, 0.4) is 0 Å². The molecule has 2 rings (SSSR count). The maximum absolute atomic E-state index is 13.4. The first-order valence-electron chi connectivity index (χ1n) is 7.09. The maximum atomic E-state index is 13.4. The topological polar surface area (TPSA) is 79.8 Å². The lowest BCUT2D eigenvalue weighted by Crippen LogP contribution is -2.35. The first-order chi connectivity index (χ1) is 11.6. The van der Waals surface area contributed by atoms with E-state index in [1.807, 2.05) is 0 Å². The summed E-state index contributed by atoms with van der Waals surface area (Å²) in [6.07, 6.45) is 1.44. The van der Waals surface area contributed by atoms with Gasteiger partial charge in [0.1, 0.15) is 11.6 Å². The van der Waals surface area contributed by atoms with Gasteiger partial charge in [-0.05, 0) is 29.8 Å². The SMILES string of the molecule is COc1cccc(/C=N/NC(=O)CNC(=O)c2ccccc2F)c1. The predicted octanol–water partition coefficient (Wildman–Crippen LogP) is 1.71. The van der Waals surface area contributed by atoms with Crippen molar-refractivity contribution in [3.8, 4) is 5.75 Å². The molecule has 0 radical (unpaired) electrons. The maximum Gasteiger partial charge on any atom is 0.259 e. The lowest BCUT2D eigenvalue weighted by atomic mass is 10.2. The van der Waals surface area contributed by atoms with E-state index < -0.39 is 17.6 Å². The van der Waals surface area contributed by atoms with Crippen LogP contribution >= 0.6 is 0 Å². The highest BCUT2D eigenvalue weighted by molar-refractivity contribution is 5.96. The Morgan fingerprint density at radius 2 is 2.00 bits per heavy atom. The number of rotatable bonds is 6. The second-order valence-corrected chi connectivity index (χ2v) is 4.73. The van der Waals surface area contributed by atoms with Gasteiger partial charge in [0.05, 0.1) is 25.4 Å². The fourth-order valence-corrected chi connectivity index (χ4v) is 1.84. The Bertz CT molecular complexity index is 762. The summed E-state index contributed by atoms with van der Waals surface area (Å²) in [6, 6.07) is 12.6. The Labute approximate surface area is 138 Å². The van der Waals surface area contributed by atoms with Gasteiger partial charge in [-0.15, -0.1) is 0 Å². The van der Waals surface area contributed by atoms with E-state index in [2.05, 4.69) is 15.8 Å². The molecule has 7 heteroatoms. The fraction of sp³-hybridized carbons (Fsp3) is 0.118. The van der Waals surface area contributed by atoms with Crippen LogP contribution in [0.25, 0.3) is 0 Å². The largest absolute Gasteiger partial charge is 0.497 e. The van der Waals surface area contributed by atoms with Crippen LogP contribution in [0, 0.1) is 5.82 Å².